The van der Waals surface area contributed by atoms with Crippen LogP contribution in [0, 0.1) is 12.7 Å². The Balaban J connectivity index is 1.31. The minimum Gasteiger partial charge on any atom is -0.460 e. The van der Waals surface area contributed by atoms with Gasteiger partial charge in [-0.2, -0.15) is 5.10 Å². The maximum absolute atomic E-state index is 13.4. The number of rotatable bonds is 3. The van der Waals surface area contributed by atoms with Gasteiger partial charge in [0.2, 0.25) is 5.95 Å². The molecule has 1 N–H and O–H groups in total. The molecule has 1 aliphatic heterocycles. The Morgan fingerprint density at radius 3 is 2.79 bits per heavy atom. The number of aryl methyl sites for hydroxylation is 1. The second-order valence-electron chi connectivity index (χ2n) is 7.10. The Bertz CT molecular complexity index is 1130. The predicted molar refractivity (Wildman–Crippen MR) is 103 cm³/mol. The first-order valence-electron chi connectivity index (χ1n) is 9.32. The Kier molecular flexibility index (Phi) is 4.03. The van der Waals surface area contributed by atoms with Gasteiger partial charge < -0.3 is 14.3 Å². The summed E-state index contributed by atoms with van der Waals surface area (Å²) in [6.07, 6.45) is 3.44. The van der Waals surface area contributed by atoms with E-state index in [4.69, 9.17) is 4.42 Å². The van der Waals surface area contributed by atoms with Gasteiger partial charge in [-0.1, -0.05) is 0 Å². The van der Waals surface area contributed by atoms with Gasteiger partial charge in [0.1, 0.15) is 23.1 Å². The van der Waals surface area contributed by atoms with Crippen LogP contribution in [0.5, 0.6) is 0 Å². The first-order valence-corrected chi connectivity index (χ1v) is 9.32. The number of piperidine rings is 1. The molecule has 3 aromatic heterocycles. The Morgan fingerprint density at radius 2 is 2.00 bits per heavy atom. The smallest absolute Gasteiger partial charge is 0.246 e. The molecule has 7 nitrogen and oxygen atoms in total. The summed E-state index contributed by atoms with van der Waals surface area (Å²) in [5, 5.41) is 8.29. The molecule has 1 saturated heterocycles. The fourth-order valence-electron chi connectivity index (χ4n) is 3.67. The molecule has 0 radical (unpaired) electrons. The van der Waals surface area contributed by atoms with Crippen LogP contribution in [0.2, 0.25) is 0 Å². The van der Waals surface area contributed by atoms with Crippen LogP contribution >= 0.6 is 0 Å². The number of aromatic amines is 1. The largest absolute Gasteiger partial charge is 0.460 e. The molecule has 1 aromatic carbocycles. The lowest BCUT2D eigenvalue weighted by molar-refractivity contribution is 0.482. The highest BCUT2D eigenvalue weighted by molar-refractivity contribution is 5.75. The third-order valence-corrected chi connectivity index (χ3v) is 5.17. The summed E-state index contributed by atoms with van der Waals surface area (Å²) in [6.45, 7) is 3.51. The van der Waals surface area contributed by atoms with Gasteiger partial charge in [0, 0.05) is 19.0 Å². The zero-order chi connectivity index (χ0) is 19.1. The highest BCUT2D eigenvalue weighted by Crippen LogP contribution is 2.30. The van der Waals surface area contributed by atoms with Gasteiger partial charge in [-0.05, 0) is 50.1 Å². The molecule has 0 saturated carbocycles. The number of furan rings is 1. The average Bonchev–Trinajstić information content (AvgIpc) is 3.34. The van der Waals surface area contributed by atoms with E-state index in [1.165, 1.54) is 12.1 Å². The summed E-state index contributed by atoms with van der Waals surface area (Å²) in [7, 11) is 0. The fraction of sp³-hybridized carbons (Fsp3) is 0.300. The molecule has 28 heavy (non-hydrogen) atoms. The van der Waals surface area contributed by atoms with E-state index in [1.807, 2.05) is 19.1 Å². The normalized spacial score (nSPS) is 15.4. The number of nitrogens with one attached hydrogen (secondary N) is 1. The van der Waals surface area contributed by atoms with E-state index in [2.05, 4.69) is 30.0 Å². The molecule has 1 fully saturated rings. The van der Waals surface area contributed by atoms with E-state index in [0.29, 0.717) is 23.3 Å². The van der Waals surface area contributed by atoms with Crippen LogP contribution in [-0.4, -0.2) is 38.2 Å². The molecule has 0 unspecified atom stereocenters. The third kappa shape index (κ3) is 3.11. The Hall–Kier alpha value is -3.29. The van der Waals surface area contributed by atoms with Crippen LogP contribution in [0.1, 0.15) is 30.3 Å². The van der Waals surface area contributed by atoms with E-state index in [-0.39, 0.29) is 5.82 Å². The van der Waals surface area contributed by atoms with Gasteiger partial charge >= 0.3 is 0 Å². The molecule has 8 heteroatoms. The lowest BCUT2D eigenvalue weighted by atomic mass is 9.96. The Labute approximate surface area is 160 Å². The summed E-state index contributed by atoms with van der Waals surface area (Å²) in [5.74, 6) is 3.10. The monoisotopic (exact) mass is 378 g/mol. The first-order chi connectivity index (χ1) is 13.7. The number of imidazole rings is 1. The number of anilines is 1. The second kappa shape index (κ2) is 6.70. The van der Waals surface area contributed by atoms with Gasteiger partial charge in [-0.3, -0.25) is 0 Å². The molecular formula is C20H19FN6O. The van der Waals surface area contributed by atoms with Crippen molar-refractivity contribution >= 4 is 17.0 Å². The molecule has 1 aliphatic rings. The van der Waals surface area contributed by atoms with Gasteiger partial charge in [-0.25, -0.2) is 14.4 Å². The molecule has 0 aliphatic carbocycles. The second-order valence-corrected chi connectivity index (χ2v) is 7.10. The maximum atomic E-state index is 13.4. The topological polar surface area (TPSA) is 83.7 Å². The minimum absolute atomic E-state index is 0.256. The van der Waals surface area contributed by atoms with Crippen molar-refractivity contribution in [1.82, 2.24) is 25.1 Å². The lowest BCUT2D eigenvalue weighted by Crippen LogP contribution is -2.34. The average molecular weight is 378 g/mol. The number of nitrogens with zero attached hydrogens (tertiary/aromatic N) is 5. The number of hydrogen-bond acceptors (Lipinski definition) is 6. The number of aromatic nitrogens is 5. The van der Waals surface area contributed by atoms with Crippen LogP contribution in [-0.2, 0) is 0 Å². The zero-order valence-electron chi connectivity index (χ0n) is 15.4. The van der Waals surface area contributed by atoms with Crippen molar-refractivity contribution in [1.29, 1.82) is 0 Å². The van der Waals surface area contributed by atoms with Gasteiger partial charge in [0.05, 0.1) is 17.2 Å². The van der Waals surface area contributed by atoms with E-state index in [0.717, 1.165) is 48.5 Å². The molecule has 0 spiro atoms. The minimum atomic E-state index is -0.256. The Morgan fingerprint density at radius 1 is 1.14 bits per heavy atom. The number of H-pyrrole nitrogens is 1. The predicted octanol–water partition coefficient (Wildman–Crippen LogP) is 3.84. The highest BCUT2D eigenvalue weighted by atomic mass is 19.1. The molecular weight excluding hydrogens is 359 g/mol. The van der Waals surface area contributed by atoms with Crippen molar-refractivity contribution in [2.24, 2.45) is 0 Å². The SMILES string of the molecule is Cc1ccc(-c2cnnc(N3CCC(c4nc5ccc(F)cc5[nH]4)CC3)n2)o1. The summed E-state index contributed by atoms with van der Waals surface area (Å²) in [5.41, 5.74) is 2.22. The van der Waals surface area contributed by atoms with Crippen LogP contribution in [0.25, 0.3) is 22.5 Å². The highest BCUT2D eigenvalue weighted by Gasteiger charge is 2.25. The number of hydrogen-bond donors (Lipinski definition) is 1. The van der Waals surface area contributed by atoms with Crippen molar-refractivity contribution in [2.75, 3.05) is 18.0 Å². The zero-order valence-corrected chi connectivity index (χ0v) is 15.4. The van der Waals surface area contributed by atoms with Crippen molar-refractivity contribution < 1.29 is 8.81 Å². The summed E-state index contributed by atoms with van der Waals surface area (Å²) >= 11 is 0. The van der Waals surface area contributed by atoms with Crippen molar-refractivity contribution in [3.05, 3.63) is 53.9 Å². The summed E-state index contributed by atoms with van der Waals surface area (Å²) in [6, 6.07) is 8.43. The molecule has 0 atom stereocenters. The molecule has 5 rings (SSSR count). The molecule has 4 aromatic rings. The van der Waals surface area contributed by atoms with E-state index < -0.39 is 0 Å². The summed E-state index contributed by atoms with van der Waals surface area (Å²) in [4.78, 5) is 14.6. The lowest BCUT2D eigenvalue weighted by Gasteiger charge is -2.30. The molecule has 0 amide bonds. The van der Waals surface area contributed by atoms with Crippen LogP contribution in [0.4, 0.5) is 10.3 Å². The van der Waals surface area contributed by atoms with Crippen LogP contribution in [0.3, 0.4) is 0 Å². The standard InChI is InChI=1S/C20H19FN6O/c1-12-2-5-18(28-12)17-11-22-26-20(25-17)27-8-6-13(7-9-27)19-23-15-4-3-14(21)10-16(15)24-19/h2-5,10-11,13H,6-9H2,1H3,(H,23,24). The quantitative estimate of drug-likeness (QED) is 0.583. The fourth-order valence-corrected chi connectivity index (χ4v) is 3.67. The van der Waals surface area contributed by atoms with Gasteiger partial charge in [0.15, 0.2) is 5.76 Å². The third-order valence-electron chi connectivity index (χ3n) is 5.17. The van der Waals surface area contributed by atoms with Gasteiger partial charge in [0.25, 0.3) is 0 Å². The van der Waals surface area contributed by atoms with E-state index in [9.17, 15) is 4.39 Å². The van der Waals surface area contributed by atoms with Crippen LogP contribution in [0.15, 0.2) is 40.9 Å². The van der Waals surface area contributed by atoms with Crippen molar-refractivity contribution in [2.45, 2.75) is 25.7 Å². The summed E-state index contributed by atoms with van der Waals surface area (Å²) < 4.78 is 19.0. The first kappa shape index (κ1) is 16.9. The van der Waals surface area contributed by atoms with Crippen molar-refractivity contribution in [3.8, 4) is 11.5 Å². The van der Waals surface area contributed by atoms with Crippen LogP contribution < -0.4 is 4.90 Å². The number of benzene rings is 1. The van der Waals surface area contributed by atoms with E-state index >= 15 is 0 Å². The van der Waals surface area contributed by atoms with E-state index in [1.54, 1.807) is 12.3 Å². The van der Waals surface area contributed by atoms with Gasteiger partial charge in [-0.15, -0.1) is 5.10 Å². The molecule has 0 bridgehead atoms. The molecule has 4 heterocycles. The molecule has 142 valence electrons. The number of halogens is 1. The number of fused-ring (bicyclic) bond motifs is 1. The van der Waals surface area contributed by atoms with Crippen molar-refractivity contribution in [3.63, 3.8) is 0 Å². The maximum Gasteiger partial charge on any atom is 0.246 e.